The third kappa shape index (κ3) is 2.94. The first-order valence-corrected chi connectivity index (χ1v) is 6.43. The molecule has 1 saturated carbocycles. The van der Waals surface area contributed by atoms with Crippen LogP contribution in [-0.4, -0.2) is 32.8 Å². The molecule has 1 aromatic heterocycles. The summed E-state index contributed by atoms with van der Waals surface area (Å²) in [6, 6.07) is -0.274. The second-order valence-corrected chi connectivity index (χ2v) is 5.18. The van der Waals surface area contributed by atoms with Gasteiger partial charge in [0.25, 0.3) is 5.91 Å². The summed E-state index contributed by atoms with van der Waals surface area (Å²) in [5.41, 5.74) is 2.01. The summed E-state index contributed by atoms with van der Waals surface area (Å²) in [6.45, 7) is 3.61. The Balaban J connectivity index is 2.12. The van der Waals surface area contributed by atoms with E-state index in [0.29, 0.717) is 17.2 Å². The average Bonchev–Trinajstić information content (AvgIpc) is 3.07. The minimum atomic E-state index is -0.878. The molecule has 1 amide bonds. The van der Waals surface area contributed by atoms with Crippen LogP contribution < -0.4 is 5.32 Å². The predicted molar refractivity (Wildman–Crippen MR) is 68.9 cm³/mol. The van der Waals surface area contributed by atoms with Gasteiger partial charge in [-0.1, -0.05) is 0 Å². The summed E-state index contributed by atoms with van der Waals surface area (Å²) in [4.78, 5) is 23.1. The zero-order valence-corrected chi connectivity index (χ0v) is 11.4. The first-order chi connectivity index (χ1) is 8.90. The van der Waals surface area contributed by atoms with Gasteiger partial charge in [-0.05, 0) is 32.6 Å². The van der Waals surface area contributed by atoms with Crippen molar-refractivity contribution in [3.8, 4) is 0 Å². The van der Waals surface area contributed by atoms with Gasteiger partial charge in [-0.2, -0.15) is 5.10 Å². The van der Waals surface area contributed by atoms with Crippen molar-refractivity contribution in [3.05, 3.63) is 17.0 Å². The molecule has 1 aromatic rings. The van der Waals surface area contributed by atoms with Crippen LogP contribution >= 0.6 is 0 Å². The van der Waals surface area contributed by atoms with Gasteiger partial charge in [0.1, 0.15) is 0 Å². The number of aromatic nitrogens is 2. The quantitative estimate of drug-likeness (QED) is 0.832. The summed E-state index contributed by atoms with van der Waals surface area (Å²) >= 11 is 0. The lowest BCUT2D eigenvalue weighted by Gasteiger charge is -2.16. The molecule has 0 aromatic carbocycles. The number of carboxylic acid groups (broad SMARTS) is 1. The van der Waals surface area contributed by atoms with Crippen molar-refractivity contribution in [1.82, 2.24) is 15.1 Å². The molecule has 104 valence electrons. The molecule has 6 heteroatoms. The number of carbonyl (C=O) groups is 2. The highest BCUT2D eigenvalue weighted by molar-refractivity contribution is 5.96. The Bertz CT molecular complexity index is 517. The highest BCUT2D eigenvalue weighted by Crippen LogP contribution is 2.34. The van der Waals surface area contributed by atoms with Crippen LogP contribution in [0.15, 0.2) is 0 Å². The van der Waals surface area contributed by atoms with Gasteiger partial charge in [0, 0.05) is 18.8 Å². The Morgan fingerprint density at radius 1 is 1.47 bits per heavy atom. The third-order valence-electron chi connectivity index (χ3n) is 3.64. The Hall–Kier alpha value is -1.85. The molecule has 1 atom stereocenters. The Morgan fingerprint density at radius 3 is 2.53 bits per heavy atom. The van der Waals surface area contributed by atoms with Gasteiger partial charge in [-0.15, -0.1) is 0 Å². The molecule has 1 heterocycles. The molecule has 2 rings (SSSR count). The van der Waals surface area contributed by atoms with Gasteiger partial charge in [0.05, 0.1) is 17.7 Å². The van der Waals surface area contributed by atoms with E-state index in [1.807, 2.05) is 6.92 Å². The number of hydrogen-bond acceptors (Lipinski definition) is 3. The molecule has 1 aliphatic rings. The van der Waals surface area contributed by atoms with Crippen LogP contribution in [0, 0.1) is 19.8 Å². The zero-order valence-electron chi connectivity index (χ0n) is 11.4. The smallest absolute Gasteiger partial charge is 0.305 e. The molecule has 2 N–H and O–H groups in total. The molecule has 0 bridgehead atoms. The second kappa shape index (κ2) is 5.03. The molecule has 19 heavy (non-hydrogen) atoms. The molecule has 1 fully saturated rings. The number of rotatable bonds is 5. The molecule has 0 spiro atoms. The minimum Gasteiger partial charge on any atom is -0.481 e. The number of nitrogens with one attached hydrogen (secondary N) is 1. The first kappa shape index (κ1) is 13.6. The van der Waals surface area contributed by atoms with Crippen molar-refractivity contribution in [2.75, 3.05) is 0 Å². The SMILES string of the molecule is Cc1nn(C)c(C)c1C(=O)NC(CC(=O)O)C1CC1. The molecular weight excluding hydrogens is 246 g/mol. The van der Waals surface area contributed by atoms with Crippen molar-refractivity contribution < 1.29 is 14.7 Å². The summed E-state index contributed by atoms with van der Waals surface area (Å²) in [5.74, 6) is -0.796. The first-order valence-electron chi connectivity index (χ1n) is 6.43. The Labute approximate surface area is 111 Å². The van der Waals surface area contributed by atoms with E-state index in [2.05, 4.69) is 10.4 Å². The van der Waals surface area contributed by atoms with E-state index in [0.717, 1.165) is 18.5 Å². The third-order valence-corrected chi connectivity index (χ3v) is 3.64. The Kier molecular flexibility index (Phi) is 3.59. The lowest BCUT2D eigenvalue weighted by Crippen LogP contribution is -2.38. The fourth-order valence-electron chi connectivity index (χ4n) is 2.37. The van der Waals surface area contributed by atoms with E-state index in [4.69, 9.17) is 5.11 Å². The van der Waals surface area contributed by atoms with Gasteiger partial charge in [-0.3, -0.25) is 14.3 Å². The van der Waals surface area contributed by atoms with E-state index in [9.17, 15) is 9.59 Å². The maximum atomic E-state index is 12.3. The normalized spacial score (nSPS) is 16.2. The Morgan fingerprint density at radius 2 is 2.11 bits per heavy atom. The maximum Gasteiger partial charge on any atom is 0.305 e. The molecule has 1 unspecified atom stereocenters. The maximum absolute atomic E-state index is 12.3. The van der Waals surface area contributed by atoms with Crippen LogP contribution in [0.2, 0.25) is 0 Å². The lowest BCUT2D eigenvalue weighted by molar-refractivity contribution is -0.137. The van der Waals surface area contributed by atoms with Crippen molar-refractivity contribution in [3.63, 3.8) is 0 Å². The summed E-state index contributed by atoms with van der Waals surface area (Å²) in [6.07, 6.45) is 1.96. The van der Waals surface area contributed by atoms with Crippen molar-refractivity contribution in [2.24, 2.45) is 13.0 Å². The topological polar surface area (TPSA) is 84.2 Å². The van der Waals surface area contributed by atoms with Crippen LogP contribution in [0.1, 0.15) is 41.0 Å². The van der Waals surface area contributed by atoms with Crippen LogP contribution in [0.3, 0.4) is 0 Å². The molecule has 0 radical (unpaired) electrons. The fraction of sp³-hybridized carbons (Fsp3) is 0.615. The molecule has 6 nitrogen and oxygen atoms in total. The fourth-order valence-corrected chi connectivity index (χ4v) is 2.37. The summed E-state index contributed by atoms with van der Waals surface area (Å²) < 4.78 is 1.66. The largest absolute Gasteiger partial charge is 0.481 e. The van der Waals surface area contributed by atoms with E-state index in [1.54, 1.807) is 18.7 Å². The highest BCUT2D eigenvalue weighted by atomic mass is 16.4. The van der Waals surface area contributed by atoms with E-state index in [1.165, 1.54) is 0 Å². The minimum absolute atomic E-state index is 0.0191. The van der Waals surface area contributed by atoms with Crippen LogP contribution in [0.5, 0.6) is 0 Å². The number of hydrogen-bond donors (Lipinski definition) is 2. The lowest BCUT2D eigenvalue weighted by atomic mass is 10.1. The number of carboxylic acids is 1. The molecule has 0 aliphatic heterocycles. The van der Waals surface area contributed by atoms with E-state index >= 15 is 0 Å². The molecule has 1 aliphatic carbocycles. The van der Waals surface area contributed by atoms with E-state index < -0.39 is 5.97 Å². The zero-order chi connectivity index (χ0) is 14.2. The number of carbonyl (C=O) groups excluding carboxylic acids is 1. The van der Waals surface area contributed by atoms with Crippen molar-refractivity contribution in [1.29, 1.82) is 0 Å². The summed E-state index contributed by atoms with van der Waals surface area (Å²) in [5, 5.41) is 15.9. The number of aryl methyl sites for hydroxylation is 2. The second-order valence-electron chi connectivity index (χ2n) is 5.18. The van der Waals surface area contributed by atoms with Crippen LogP contribution in [0.25, 0.3) is 0 Å². The van der Waals surface area contributed by atoms with Gasteiger partial charge in [0.2, 0.25) is 0 Å². The molecule has 0 saturated heterocycles. The van der Waals surface area contributed by atoms with Crippen molar-refractivity contribution in [2.45, 2.75) is 39.2 Å². The van der Waals surface area contributed by atoms with Crippen LogP contribution in [0.4, 0.5) is 0 Å². The molecular formula is C13H19N3O3. The predicted octanol–water partition coefficient (Wildman–Crippen LogP) is 1.02. The van der Waals surface area contributed by atoms with Gasteiger partial charge in [-0.25, -0.2) is 0 Å². The number of aliphatic carboxylic acids is 1. The van der Waals surface area contributed by atoms with Crippen molar-refractivity contribution >= 4 is 11.9 Å². The number of amides is 1. The van der Waals surface area contributed by atoms with Crippen LogP contribution in [-0.2, 0) is 11.8 Å². The monoisotopic (exact) mass is 265 g/mol. The van der Waals surface area contributed by atoms with Gasteiger partial charge < -0.3 is 10.4 Å². The highest BCUT2D eigenvalue weighted by Gasteiger charge is 2.34. The van der Waals surface area contributed by atoms with Gasteiger partial charge in [0.15, 0.2) is 0 Å². The average molecular weight is 265 g/mol. The summed E-state index contributed by atoms with van der Waals surface area (Å²) in [7, 11) is 1.79. The standard InChI is InChI=1S/C13H19N3O3/c1-7-12(8(2)16(3)15-7)13(19)14-10(6-11(17)18)9-4-5-9/h9-10H,4-6H2,1-3H3,(H,14,19)(H,17,18). The number of nitrogens with zero attached hydrogens (tertiary/aromatic N) is 2. The van der Waals surface area contributed by atoms with E-state index in [-0.39, 0.29) is 18.4 Å². The van der Waals surface area contributed by atoms with Gasteiger partial charge >= 0.3 is 5.97 Å².